The van der Waals surface area contributed by atoms with Gasteiger partial charge in [0.05, 0.1) is 6.54 Å². The van der Waals surface area contributed by atoms with E-state index in [9.17, 15) is 4.79 Å². The molecule has 19 heavy (non-hydrogen) atoms. The van der Waals surface area contributed by atoms with E-state index in [1.807, 2.05) is 27.7 Å². The lowest BCUT2D eigenvalue weighted by molar-refractivity contribution is -0.116. The van der Waals surface area contributed by atoms with Gasteiger partial charge in [0.1, 0.15) is 17.5 Å². The minimum Gasteiger partial charge on any atom is -0.368 e. The second kappa shape index (κ2) is 5.83. The van der Waals surface area contributed by atoms with Gasteiger partial charge < -0.3 is 16.1 Å². The molecule has 1 amide bonds. The third-order valence-corrected chi connectivity index (χ3v) is 2.58. The fourth-order valence-electron chi connectivity index (χ4n) is 1.55. The summed E-state index contributed by atoms with van der Waals surface area (Å²) in [5, 5.41) is 0. The first kappa shape index (κ1) is 15.2. The highest BCUT2D eigenvalue weighted by Gasteiger charge is 2.20. The summed E-state index contributed by atoms with van der Waals surface area (Å²) in [6.07, 6.45) is 0. The van der Waals surface area contributed by atoms with Crippen LogP contribution in [0.4, 0.5) is 11.6 Å². The van der Waals surface area contributed by atoms with Gasteiger partial charge in [0.25, 0.3) is 0 Å². The van der Waals surface area contributed by atoms with Crippen LogP contribution in [-0.4, -0.2) is 29.0 Å². The van der Waals surface area contributed by atoms with Crippen LogP contribution in [0.25, 0.3) is 0 Å². The monoisotopic (exact) mass is 266 g/mol. The number of nitrogens with two attached hydrogens (primary N) is 2. The number of likely N-dealkylation sites (N-methyl/N-ethyl adjacent to an activating group) is 1. The third-order valence-electron chi connectivity index (χ3n) is 2.58. The Morgan fingerprint density at radius 1 is 1.42 bits per heavy atom. The van der Waals surface area contributed by atoms with Crippen molar-refractivity contribution < 1.29 is 4.79 Å². The quantitative estimate of drug-likeness (QED) is 0.524. The second-order valence-corrected chi connectivity index (χ2v) is 5.31. The molecule has 0 aliphatic rings. The molecule has 7 heteroatoms. The summed E-state index contributed by atoms with van der Waals surface area (Å²) < 4.78 is 0. The van der Waals surface area contributed by atoms with Crippen LogP contribution in [0.1, 0.15) is 33.5 Å². The molecule has 0 aliphatic heterocycles. The molecule has 0 bridgehead atoms. The van der Waals surface area contributed by atoms with Gasteiger partial charge in [0, 0.05) is 18.0 Å². The molecule has 106 valence electrons. The van der Waals surface area contributed by atoms with Crippen molar-refractivity contribution in [1.82, 2.24) is 9.97 Å². The van der Waals surface area contributed by atoms with Crippen molar-refractivity contribution in [2.75, 3.05) is 23.4 Å². The predicted molar refractivity (Wildman–Crippen MR) is 75.6 cm³/mol. The largest absolute Gasteiger partial charge is 0.368 e. The Kier molecular flexibility index (Phi) is 4.66. The van der Waals surface area contributed by atoms with Crippen molar-refractivity contribution in [3.8, 4) is 0 Å². The molecule has 0 fully saturated rings. The number of rotatable bonds is 5. The molecule has 1 aromatic rings. The van der Waals surface area contributed by atoms with E-state index < -0.39 is 5.91 Å². The Hall–Kier alpha value is -1.89. The highest BCUT2D eigenvalue weighted by molar-refractivity contribution is 5.79. The smallest absolute Gasteiger partial charge is 0.236 e. The number of nitrogens with one attached hydrogen (secondary N) is 1. The molecule has 0 atom stereocenters. The molecule has 0 saturated carbocycles. The first-order valence-corrected chi connectivity index (χ1v) is 6.17. The summed E-state index contributed by atoms with van der Waals surface area (Å²) in [5.74, 6) is 6.82. The number of aromatic nitrogens is 2. The number of carbonyl (C=O) groups is 1. The standard InChI is InChI=1S/C12H22N6O/c1-5-18(7-8(13)19)10-6-9(17-14)15-11(16-10)12(2,3)4/h6H,5,7,14H2,1-4H3,(H2,13,19)(H,15,16,17). The Labute approximate surface area is 113 Å². The Bertz CT molecular complexity index is 454. The summed E-state index contributed by atoms with van der Waals surface area (Å²) >= 11 is 0. The number of hydrogen-bond donors (Lipinski definition) is 3. The van der Waals surface area contributed by atoms with Gasteiger partial charge in [-0.2, -0.15) is 0 Å². The van der Waals surface area contributed by atoms with Crippen LogP contribution in [0.2, 0.25) is 0 Å². The fourth-order valence-corrected chi connectivity index (χ4v) is 1.55. The number of primary amides is 1. The number of nitrogen functional groups attached to an aromatic ring is 1. The van der Waals surface area contributed by atoms with E-state index in [1.54, 1.807) is 11.0 Å². The van der Waals surface area contributed by atoms with E-state index in [0.29, 0.717) is 24.0 Å². The minimum absolute atomic E-state index is 0.112. The van der Waals surface area contributed by atoms with E-state index in [4.69, 9.17) is 11.6 Å². The summed E-state index contributed by atoms with van der Waals surface area (Å²) in [6, 6.07) is 1.70. The average Bonchev–Trinajstić information content (AvgIpc) is 2.34. The lowest BCUT2D eigenvalue weighted by Crippen LogP contribution is -2.35. The second-order valence-electron chi connectivity index (χ2n) is 5.31. The molecule has 1 aromatic heterocycles. The van der Waals surface area contributed by atoms with Crippen LogP contribution < -0.4 is 21.9 Å². The number of hydrazine groups is 1. The number of anilines is 2. The van der Waals surface area contributed by atoms with Crippen LogP contribution in [0, 0.1) is 0 Å². The van der Waals surface area contributed by atoms with Crippen molar-refractivity contribution in [1.29, 1.82) is 0 Å². The zero-order valence-electron chi connectivity index (χ0n) is 11.9. The number of hydrogen-bond acceptors (Lipinski definition) is 6. The lowest BCUT2D eigenvalue weighted by atomic mass is 9.96. The molecular weight excluding hydrogens is 244 g/mol. The Morgan fingerprint density at radius 3 is 2.47 bits per heavy atom. The SMILES string of the molecule is CCN(CC(N)=O)c1cc(NN)nc(C(C)(C)C)n1. The van der Waals surface area contributed by atoms with Gasteiger partial charge >= 0.3 is 0 Å². The van der Waals surface area contributed by atoms with Crippen LogP contribution in [-0.2, 0) is 10.2 Å². The number of amides is 1. The van der Waals surface area contributed by atoms with Gasteiger partial charge in [-0.3, -0.25) is 4.79 Å². The highest BCUT2D eigenvalue weighted by Crippen LogP contribution is 2.23. The van der Waals surface area contributed by atoms with Gasteiger partial charge in [-0.15, -0.1) is 0 Å². The molecule has 0 aliphatic carbocycles. The highest BCUT2D eigenvalue weighted by atomic mass is 16.1. The maximum absolute atomic E-state index is 11.1. The van der Waals surface area contributed by atoms with E-state index in [2.05, 4.69) is 15.4 Å². The molecule has 5 N–H and O–H groups in total. The van der Waals surface area contributed by atoms with Crippen LogP contribution in [0.5, 0.6) is 0 Å². The maximum atomic E-state index is 11.1. The van der Waals surface area contributed by atoms with Crippen molar-refractivity contribution >= 4 is 17.5 Å². The molecule has 0 aromatic carbocycles. The fraction of sp³-hybridized carbons (Fsp3) is 0.583. The summed E-state index contributed by atoms with van der Waals surface area (Å²) in [5.41, 5.74) is 7.54. The van der Waals surface area contributed by atoms with Crippen LogP contribution in [0.3, 0.4) is 0 Å². The molecule has 0 saturated heterocycles. The topological polar surface area (TPSA) is 110 Å². The van der Waals surface area contributed by atoms with E-state index in [-0.39, 0.29) is 12.0 Å². The zero-order chi connectivity index (χ0) is 14.6. The first-order chi connectivity index (χ1) is 8.77. The van der Waals surface area contributed by atoms with E-state index in [0.717, 1.165) is 0 Å². The Morgan fingerprint density at radius 2 is 2.05 bits per heavy atom. The van der Waals surface area contributed by atoms with Crippen LogP contribution in [0.15, 0.2) is 6.07 Å². The van der Waals surface area contributed by atoms with E-state index >= 15 is 0 Å². The summed E-state index contributed by atoms with van der Waals surface area (Å²) in [4.78, 5) is 21.7. The van der Waals surface area contributed by atoms with Crippen molar-refractivity contribution in [3.63, 3.8) is 0 Å². The number of carbonyl (C=O) groups excluding carboxylic acids is 1. The molecule has 0 spiro atoms. The average molecular weight is 266 g/mol. The molecule has 7 nitrogen and oxygen atoms in total. The van der Waals surface area contributed by atoms with Gasteiger partial charge in [0.15, 0.2) is 0 Å². The lowest BCUT2D eigenvalue weighted by Gasteiger charge is -2.24. The molecule has 1 rings (SSSR count). The summed E-state index contributed by atoms with van der Waals surface area (Å²) in [7, 11) is 0. The third kappa shape index (κ3) is 4.06. The van der Waals surface area contributed by atoms with Gasteiger partial charge in [-0.1, -0.05) is 20.8 Å². The van der Waals surface area contributed by atoms with Crippen LogP contribution >= 0.6 is 0 Å². The minimum atomic E-state index is -0.403. The van der Waals surface area contributed by atoms with Gasteiger partial charge in [-0.05, 0) is 6.92 Å². The summed E-state index contributed by atoms with van der Waals surface area (Å²) in [6.45, 7) is 8.69. The zero-order valence-corrected chi connectivity index (χ0v) is 11.9. The predicted octanol–water partition coefficient (Wildman–Crippen LogP) is 0.371. The maximum Gasteiger partial charge on any atom is 0.236 e. The van der Waals surface area contributed by atoms with Crippen molar-refractivity contribution in [3.05, 3.63) is 11.9 Å². The van der Waals surface area contributed by atoms with Crippen molar-refractivity contribution in [2.45, 2.75) is 33.1 Å². The Balaban J connectivity index is 3.22. The molecule has 0 radical (unpaired) electrons. The molecular formula is C12H22N6O. The first-order valence-electron chi connectivity index (χ1n) is 6.17. The normalized spacial score (nSPS) is 11.2. The van der Waals surface area contributed by atoms with Gasteiger partial charge in [-0.25, -0.2) is 15.8 Å². The number of nitrogens with zero attached hydrogens (tertiary/aromatic N) is 3. The van der Waals surface area contributed by atoms with Gasteiger partial charge in [0.2, 0.25) is 5.91 Å². The molecule has 0 unspecified atom stereocenters. The molecule has 1 heterocycles. The van der Waals surface area contributed by atoms with E-state index in [1.165, 1.54) is 0 Å². The van der Waals surface area contributed by atoms with Crippen molar-refractivity contribution in [2.24, 2.45) is 11.6 Å².